The normalized spacial score (nSPS) is 46.9. The van der Waals surface area contributed by atoms with E-state index >= 15 is 0 Å². The number of nitrogens with one attached hydrogen (secondary N) is 1. The fourth-order valence-corrected chi connectivity index (χ4v) is 1.26. The Labute approximate surface area is 65.9 Å². The van der Waals surface area contributed by atoms with Gasteiger partial charge in [-0.2, -0.15) is 0 Å². The molecule has 1 aliphatic heterocycles. The number of hydrogen-bond donors (Lipinski definition) is 4. The third-order valence-electron chi connectivity index (χ3n) is 2.15. The van der Waals surface area contributed by atoms with E-state index < -0.39 is 18.3 Å². The third kappa shape index (κ3) is 1.90. The average Bonchev–Trinajstić information content (AvgIpc) is 2.07. The minimum atomic E-state index is -1.01. The van der Waals surface area contributed by atoms with Crippen molar-refractivity contribution in [2.24, 2.45) is 5.92 Å². The Kier molecular flexibility index (Phi) is 2.84. The summed E-state index contributed by atoms with van der Waals surface area (Å²) in [7, 11) is 0. The van der Waals surface area contributed by atoms with Crippen LogP contribution in [0, 0.1) is 5.92 Å². The van der Waals surface area contributed by atoms with Crippen LogP contribution >= 0.6 is 0 Å². The van der Waals surface area contributed by atoms with Crippen molar-refractivity contribution >= 4 is 0 Å². The molecule has 0 aromatic carbocycles. The summed E-state index contributed by atoms with van der Waals surface area (Å²) in [5, 5.41) is 30.7. The second-order valence-corrected chi connectivity index (χ2v) is 3.18. The molecule has 0 radical (unpaired) electrons. The van der Waals surface area contributed by atoms with Crippen molar-refractivity contribution in [3.63, 3.8) is 0 Å². The Balaban J connectivity index is 2.58. The second kappa shape index (κ2) is 3.49. The zero-order chi connectivity index (χ0) is 8.43. The van der Waals surface area contributed by atoms with E-state index in [-0.39, 0.29) is 5.92 Å². The van der Waals surface area contributed by atoms with Gasteiger partial charge in [0.25, 0.3) is 0 Å². The van der Waals surface area contributed by atoms with Crippen molar-refractivity contribution in [1.29, 1.82) is 0 Å². The summed E-state index contributed by atoms with van der Waals surface area (Å²) in [4.78, 5) is 0. The third-order valence-corrected chi connectivity index (χ3v) is 2.15. The van der Waals surface area contributed by atoms with Crippen LogP contribution in [0.25, 0.3) is 0 Å². The standard InChI is InChI=1S/C7H15NO3/c1-4-2-8-3-5(9)7(11)6(4)10/h4-11H,2-3H2,1H3/t4-,5+,6-,7-/m1/s1. The Bertz CT molecular complexity index is 117. The maximum atomic E-state index is 9.35. The lowest BCUT2D eigenvalue weighted by Crippen LogP contribution is -2.40. The van der Waals surface area contributed by atoms with E-state index in [0.29, 0.717) is 13.1 Å². The molecule has 11 heavy (non-hydrogen) atoms. The van der Waals surface area contributed by atoms with Gasteiger partial charge >= 0.3 is 0 Å². The Morgan fingerprint density at radius 1 is 1.09 bits per heavy atom. The van der Waals surface area contributed by atoms with Crippen LogP contribution in [0.1, 0.15) is 6.92 Å². The van der Waals surface area contributed by atoms with E-state index in [1.165, 1.54) is 0 Å². The van der Waals surface area contributed by atoms with Crippen molar-refractivity contribution < 1.29 is 15.3 Å². The van der Waals surface area contributed by atoms with Crippen molar-refractivity contribution in [1.82, 2.24) is 5.32 Å². The first kappa shape index (κ1) is 8.93. The average molecular weight is 161 g/mol. The molecule has 0 amide bonds. The van der Waals surface area contributed by atoms with Gasteiger partial charge in [-0.1, -0.05) is 6.92 Å². The van der Waals surface area contributed by atoms with Crippen LogP contribution in [0.15, 0.2) is 0 Å². The molecular weight excluding hydrogens is 146 g/mol. The van der Waals surface area contributed by atoms with Crippen molar-refractivity contribution in [2.45, 2.75) is 25.2 Å². The summed E-state index contributed by atoms with van der Waals surface area (Å²) in [6.45, 7) is 2.82. The fraction of sp³-hybridized carbons (Fsp3) is 1.00. The van der Waals surface area contributed by atoms with Gasteiger partial charge in [-0.15, -0.1) is 0 Å². The van der Waals surface area contributed by atoms with Gasteiger partial charge in [-0.25, -0.2) is 0 Å². The predicted octanol–water partition coefficient (Wildman–Crippen LogP) is -1.69. The number of aliphatic hydroxyl groups is 3. The second-order valence-electron chi connectivity index (χ2n) is 3.18. The van der Waals surface area contributed by atoms with Gasteiger partial charge < -0.3 is 20.6 Å². The molecule has 0 unspecified atom stereocenters. The summed E-state index contributed by atoms with van der Waals surface area (Å²) in [6.07, 6.45) is -2.69. The molecule has 4 N–H and O–H groups in total. The molecule has 1 saturated heterocycles. The largest absolute Gasteiger partial charge is 0.390 e. The van der Waals surface area contributed by atoms with Gasteiger partial charge in [0.2, 0.25) is 0 Å². The Morgan fingerprint density at radius 3 is 2.36 bits per heavy atom. The molecule has 1 aliphatic rings. The van der Waals surface area contributed by atoms with Crippen molar-refractivity contribution in [3.8, 4) is 0 Å². The summed E-state index contributed by atoms with van der Waals surface area (Å²) >= 11 is 0. The molecule has 1 rings (SSSR count). The van der Waals surface area contributed by atoms with Gasteiger partial charge in [-0.05, 0) is 5.92 Å². The highest BCUT2D eigenvalue weighted by atomic mass is 16.4. The molecule has 4 nitrogen and oxygen atoms in total. The number of rotatable bonds is 0. The smallest absolute Gasteiger partial charge is 0.107 e. The van der Waals surface area contributed by atoms with Gasteiger partial charge in [0.1, 0.15) is 6.10 Å². The number of hydrogen-bond acceptors (Lipinski definition) is 4. The van der Waals surface area contributed by atoms with Crippen molar-refractivity contribution in [2.75, 3.05) is 13.1 Å². The van der Waals surface area contributed by atoms with E-state index in [1.54, 1.807) is 0 Å². The van der Waals surface area contributed by atoms with Gasteiger partial charge in [0.05, 0.1) is 12.2 Å². The maximum absolute atomic E-state index is 9.35. The van der Waals surface area contributed by atoms with E-state index in [2.05, 4.69) is 5.32 Å². The molecular formula is C7H15NO3. The van der Waals surface area contributed by atoms with Crippen LogP contribution in [0.3, 0.4) is 0 Å². The summed E-state index contributed by atoms with van der Waals surface area (Å²) in [5.41, 5.74) is 0. The lowest BCUT2D eigenvalue weighted by molar-refractivity contribution is -0.0647. The molecule has 0 bridgehead atoms. The summed E-state index contributed by atoms with van der Waals surface area (Å²) < 4.78 is 0. The highest BCUT2D eigenvalue weighted by Crippen LogP contribution is 2.12. The number of aliphatic hydroxyl groups excluding tert-OH is 3. The molecule has 66 valence electrons. The monoisotopic (exact) mass is 161 g/mol. The molecule has 0 saturated carbocycles. The van der Waals surface area contributed by atoms with Gasteiger partial charge in [0.15, 0.2) is 0 Å². The molecule has 4 heteroatoms. The van der Waals surface area contributed by atoms with Crippen LogP contribution in [0.2, 0.25) is 0 Å². The first-order valence-corrected chi connectivity index (χ1v) is 3.88. The van der Waals surface area contributed by atoms with Crippen LogP contribution < -0.4 is 5.32 Å². The fourth-order valence-electron chi connectivity index (χ4n) is 1.26. The lowest BCUT2D eigenvalue weighted by atomic mass is 9.99. The number of β-amino-alcohol motifs (C(OH)–C–C–N with tert-alkyl or cyclic N) is 1. The lowest BCUT2D eigenvalue weighted by Gasteiger charge is -2.21. The zero-order valence-electron chi connectivity index (χ0n) is 6.57. The van der Waals surface area contributed by atoms with Crippen LogP contribution in [0.4, 0.5) is 0 Å². The maximum Gasteiger partial charge on any atom is 0.107 e. The van der Waals surface area contributed by atoms with E-state index in [0.717, 1.165) is 0 Å². The molecule has 4 atom stereocenters. The Hall–Kier alpha value is -0.160. The molecule has 0 aliphatic carbocycles. The SMILES string of the molecule is C[C@@H]1CNC[C@H](O)[C@@H](O)[C@@H]1O. The Morgan fingerprint density at radius 2 is 1.73 bits per heavy atom. The van der Waals surface area contributed by atoms with E-state index in [1.807, 2.05) is 6.92 Å². The quantitative estimate of drug-likeness (QED) is 0.342. The highest BCUT2D eigenvalue weighted by molar-refractivity contribution is 4.84. The molecule has 1 fully saturated rings. The zero-order valence-corrected chi connectivity index (χ0v) is 6.57. The molecule has 0 spiro atoms. The summed E-state index contributed by atoms with van der Waals surface area (Å²) in [6, 6.07) is 0. The topological polar surface area (TPSA) is 72.7 Å². The van der Waals surface area contributed by atoms with Crippen LogP contribution in [-0.4, -0.2) is 46.7 Å². The van der Waals surface area contributed by atoms with Crippen LogP contribution in [0.5, 0.6) is 0 Å². The van der Waals surface area contributed by atoms with Gasteiger partial charge in [-0.3, -0.25) is 0 Å². The first-order valence-electron chi connectivity index (χ1n) is 3.88. The minimum Gasteiger partial charge on any atom is -0.390 e. The molecule has 0 aromatic heterocycles. The van der Waals surface area contributed by atoms with Crippen LogP contribution in [-0.2, 0) is 0 Å². The first-order chi connectivity index (χ1) is 5.13. The summed E-state index contributed by atoms with van der Waals surface area (Å²) in [5.74, 6) is -0.0119. The molecule has 1 heterocycles. The van der Waals surface area contributed by atoms with Gasteiger partial charge in [0, 0.05) is 13.1 Å². The van der Waals surface area contributed by atoms with E-state index in [9.17, 15) is 15.3 Å². The van der Waals surface area contributed by atoms with Crippen molar-refractivity contribution in [3.05, 3.63) is 0 Å². The minimum absolute atomic E-state index is 0.0119. The van der Waals surface area contributed by atoms with E-state index in [4.69, 9.17) is 0 Å². The predicted molar refractivity (Wildman–Crippen MR) is 40.1 cm³/mol. The highest BCUT2D eigenvalue weighted by Gasteiger charge is 2.31. The molecule has 0 aromatic rings.